The number of para-hydroxylation sites is 2. The second-order valence-electron chi connectivity index (χ2n) is 9.94. The first-order valence-corrected chi connectivity index (χ1v) is 11.5. The third kappa shape index (κ3) is 3.36. The summed E-state index contributed by atoms with van der Waals surface area (Å²) in [6, 6.07) is 11.5. The fourth-order valence-corrected chi connectivity index (χ4v) is 6.69. The van der Waals surface area contributed by atoms with Crippen molar-refractivity contribution in [1.82, 2.24) is 19.9 Å². The van der Waals surface area contributed by atoms with Gasteiger partial charge in [0, 0.05) is 5.41 Å². The number of nitrogens with zero attached hydrogens (tertiary/aromatic N) is 3. The summed E-state index contributed by atoms with van der Waals surface area (Å²) in [5.74, 6) is 2.69. The molecule has 0 atom stereocenters. The normalized spacial score (nSPS) is 28.1. The molecule has 2 amide bonds. The molecular formula is C25H27N5O2. The molecule has 4 aliphatic carbocycles. The van der Waals surface area contributed by atoms with Crippen molar-refractivity contribution in [3.05, 3.63) is 48.9 Å². The van der Waals surface area contributed by atoms with Crippen molar-refractivity contribution in [2.45, 2.75) is 38.5 Å². The molecule has 4 fully saturated rings. The van der Waals surface area contributed by atoms with E-state index in [0.717, 1.165) is 36.1 Å². The van der Waals surface area contributed by atoms with Crippen LogP contribution in [0.15, 0.2) is 48.9 Å². The van der Waals surface area contributed by atoms with E-state index >= 15 is 0 Å². The maximum Gasteiger partial charge on any atom is 0.243 e. The lowest BCUT2D eigenvalue weighted by Crippen LogP contribution is -2.54. The van der Waals surface area contributed by atoms with Crippen LogP contribution in [0.4, 0.5) is 5.69 Å². The van der Waals surface area contributed by atoms with Gasteiger partial charge in [0.05, 0.1) is 29.5 Å². The minimum absolute atomic E-state index is 0.00546. The number of aromatic nitrogens is 3. The molecule has 4 aliphatic rings. The maximum absolute atomic E-state index is 13.0. The van der Waals surface area contributed by atoms with Crippen molar-refractivity contribution in [2.75, 3.05) is 11.9 Å². The smallest absolute Gasteiger partial charge is 0.243 e. The van der Waals surface area contributed by atoms with Crippen LogP contribution in [0.2, 0.25) is 0 Å². The van der Waals surface area contributed by atoms with Gasteiger partial charge in [0.25, 0.3) is 0 Å². The van der Waals surface area contributed by atoms with E-state index in [1.54, 1.807) is 12.5 Å². The van der Waals surface area contributed by atoms with Gasteiger partial charge in [-0.1, -0.05) is 12.1 Å². The molecule has 0 radical (unpaired) electrons. The Morgan fingerprint density at radius 1 is 0.969 bits per heavy atom. The fourth-order valence-electron chi connectivity index (χ4n) is 6.69. The number of anilines is 1. The number of hydrogen-bond donors (Lipinski definition) is 2. The molecule has 0 saturated heterocycles. The number of benzene rings is 1. The molecule has 32 heavy (non-hydrogen) atoms. The molecule has 1 aromatic carbocycles. The first-order chi connectivity index (χ1) is 15.6. The van der Waals surface area contributed by atoms with Gasteiger partial charge in [0.15, 0.2) is 0 Å². The number of carbonyl (C=O) groups is 2. The molecule has 2 N–H and O–H groups in total. The summed E-state index contributed by atoms with van der Waals surface area (Å²) < 4.78 is 1.91. The van der Waals surface area contributed by atoms with E-state index in [4.69, 9.17) is 0 Å². The molecule has 0 spiro atoms. The molecule has 3 aromatic rings. The molecule has 2 heterocycles. The highest BCUT2D eigenvalue weighted by atomic mass is 16.2. The first-order valence-electron chi connectivity index (χ1n) is 11.5. The van der Waals surface area contributed by atoms with Gasteiger partial charge < -0.3 is 10.6 Å². The number of fused-ring (bicyclic) bond motifs is 1. The van der Waals surface area contributed by atoms with E-state index in [2.05, 4.69) is 20.6 Å². The van der Waals surface area contributed by atoms with Gasteiger partial charge in [-0.05, 0) is 80.5 Å². The SMILES string of the molecule is O=C(CNC(=O)C12CC3CC(CC(C3)C1)C2)Nc1ccc(-n2cnc3ccccc32)nc1. The van der Waals surface area contributed by atoms with E-state index in [0.29, 0.717) is 23.4 Å². The quantitative estimate of drug-likeness (QED) is 0.647. The average Bonchev–Trinajstić information content (AvgIpc) is 3.21. The molecular weight excluding hydrogens is 402 g/mol. The Balaban J connectivity index is 1.07. The Morgan fingerprint density at radius 3 is 2.38 bits per heavy atom. The minimum atomic E-state index is -0.231. The Labute approximate surface area is 186 Å². The van der Waals surface area contributed by atoms with E-state index in [1.165, 1.54) is 19.3 Å². The summed E-state index contributed by atoms with van der Waals surface area (Å²) >= 11 is 0. The lowest BCUT2D eigenvalue weighted by molar-refractivity contribution is -0.146. The second kappa shape index (κ2) is 7.43. The maximum atomic E-state index is 13.0. The van der Waals surface area contributed by atoms with Crippen LogP contribution in [0.5, 0.6) is 0 Å². The summed E-state index contributed by atoms with van der Waals surface area (Å²) in [4.78, 5) is 34.3. The van der Waals surface area contributed by atoms with Gasteiger partial charge in [-0.2, -0.15) is 0 Å². The molecule has 7 rings (SSSR count). The molecule has 4 bridgehead atoms. The summed E-state index contributed by atoms with van der Waals surface area (Å²) in [5.41, 5.74) is 2.25. The third-order valence-electron chi connectivity index (χ3n) is 7.66. The summed E-state index contributed by atoms with van der Waals surface area (Å²) in [7, 11) is 0. The van der Waals surface area contributed by atoms with Crippen LogP contribution >= 0.6 is 0 Å². The largest absolute Gasteiger partial charge is 0.347 e. The van der Waals surface area contributed by atoms with Crippen molar-refractivity contribution in [3.63, 3.8) is 0 Å². The van der Waals surface area contributed by atoms with E-state index in [1.807, 2.05) is 41.0 Å². The van der Waals surface area contributed by atoms with Crippen molar-refractivity contribution >= 4 is 28.5 Å². The number of amides is 2. The Hall–Kier alpha value is -3.22. The lowest BCUT2D eigenvalue weighted by Gasteiger charge is -2.55. The zero-order chi connectivity index (χ0) is 21.7. The third-order valence-corrected chi connectivity index (χ3v) is 7.66. The highest BCUT2D eigenvalue weighted by Gasteiger charge is 2.54. The summed E-state index contributed by atoms with van der Waals surface area (Å²) in [5, 5.41) is 5.77. The number of nitrogens with one attached hydrogen (secondary N) is 2. The van der Waals surface area contributed by atoms with Crippen LogP contribution in [0.1, 0.15) is 38.5 Å². The van der Waals surface area contributed by atoms with Gasteiger partial charge in [-0.25, -0.2) is 9.97 Å². The zero-order valence-corrected chi connectivity index (χ0v) is 18.0. The van der Waals surface area contributed by atoms with Gasteiger partial charge in [0.1, 0.15) is 12.1 Å². The van der Waals surface area contributed by atoms with E-state index < -0.39 is 0 Å². The number of carbonyl (C=O) groups excluding carboxylic acids is 2. The van der Waals surface area contributed by atoms with Crippen LogP contribution in [0.3, 0.4) is 0 Å². The van der Waals surface area contributed by atoms with Crippen LogP contribution in [-0.2, 0) is 9.59 Å². The number of hydrogen-bond acceptors (Lipinski definition) is 4. The van der Waals surface area contributed by atoms with Crippen LogP contribution < -0.4 is 10.6 Å². The highest BCUT2D eigenvalue weighted by Crippen LogP contribution is 2.60. The standard InChI is InChI=1S/C25H27N5O2/c31-23(14-27-24(32)25-10-16-7-17(11-25)9-18(8-16)12-25)29-19-5-6-22(26-13-19)30-15-28-20-3-1-2-4-21(20)30/h1-6,13,15-18H,7-12,14H2,(H,27,32)(H,29,31). The van der Waals surface area contributed by atoms with Crippen molar-refractivity contribution in [1.29, 1.82) is 0 Å². The lowest BCUT2D eigenvalue weighted by atomic mass is 9.49. The number of imidazole rings is 1. The predicted octanol–water partition coefficient (Wildman–Crippen LogP) is 3.69. The average molecular weight is 430 g/mol. The van der Waals surface area contributed by atoms with Crippen molar-refractivity contribution < 1.29 is 9.59 Å². The molecule has 164 valence electrons. The van der Waals surface area contributed by atoms with E-state index in [9.17, 15) is 9.59 Å². The van der Waals surface area contributed by atoms with E-state index in [-0.39, 0.29) is 23.8 Å². The highest BCUT2D eigenvalue weighted by molar-refractivity contribution is 5.95. The summed E-state index contributed by atoms with van der Waals surface area (Å²) in [6.45, 7) is -0.00546. The fraction of sp³-hybridized carbons (Fsp3) is 0.440. The molecule has 4 saturated carbocycles. The Kier molecular flexibility index (Phi) is 4.52. The van der Waals surface area contributed by atoms with Crippen molar-refractivity contribution in [2.24, 2.45) is 23.2 Å². The van der Waals surface area contributed by atoms with Crippen LogP contribution in [0, 0.1) is 23.2 Å². The minimum Gasteiger partial charge on any atom is -0.347 e. The molecule has 2 aromatic heterocycles. The zero-order valence-electron chi connectivity index (χ0n) is 18.0. The molecule has 7 nitrogen and oxygen atoms in total. The summed E-state index contributed by atoms with van der Waals surface area (Å²) in [6.07, 6.45) is 10.3. The monoisotopic (exact) mass is 429 g/mol. The van der Waals surface area contributed by atoms with Gasteiger partial charge in [-0.15, -0.1) is 0 Å². The molecule has 0 unspecified atom stereocenters. The number of pyridine rings is 1. The van der Waals surface area contributed by atoms with Crippen molar-refractivity contribution in [3.8, 4) is 5.82 Å². The van der Waals surface area contributed by atoms with Crippen LogP contribution in [0.25, 0.3) is 16.9 Å². The Bertz CT molecular complexity index is 1150. The molecule has 7 heteroatoms. The first kappa shape index (κ1) is 19.5. The second-order valence-corrected chi connectivity index (χ2v) is 9.94. The molecule has 0 aliphatic heterocycles. The Morgan fingerprint density at radius 2 is 1.69 bits per heavy atom. The van der Waals surface area contributed by atoms with Gasteiger partial charge >= 0.3 is 0 Å². The van der Waals surface area contributed by atoms with Gasteiger partial charge in [0.2, 0.25) is 11.8 Å². The predicted molar refractivity (Wildman–Crippen MR) is 121 cm³/mol. The number of rotatable bonds is 5. The van der Waals surface area contributed by atoms with Crippen LogP contribution in [-0.4, -0.2) is 32.9 Å². The topological polar surface area (TPSA) is 88.9 Å². The van der Waals surface area contributed by atoms with Gasteiger partial charge in [-0.3, -0.25) is 14.2 Å².